The maximum absolute atomic E-state index is 9.87. The van der Waals surface area contributed by atoms with Gasteiger partial charge in [-0.05, 0) is 41.5 Å². The molecule has 0 saturated heterocycles. The van der Waals surface area contributed by atoms with Crippen LogP contribution >= 0.6 is 0 Å². The Morgan fingerprint density at radius 1 is 0.591 bits per heavy atom. The van der Waals surface area contributed by atoms with Gasteiger partial charge in [-0.25, -0.2) is 0 Å². The summed E-state index contributed by atoms with van der Waals surface area (Å²) in [4.78, 5) is 1.65. The highest BCUT2D eigenvalue weighted by Gasteiger charge is 2.21. The van der Waals surface area contributed by atoms with E-state index in [2.05, 4.69) is 0 Å². The van der Waals surface area contributed by atoms with Crippen molar-refractivity contribution in [2.24, 2.45) is 0 Å². The van der Waals surface area contributed by atoms with Crippen LogP contribution in [-0.4, -0.2) is 77.0 Å². The van der Waals surface area contributed by atoms with E-state index in [0.29, 0.717) is 0 Å². The van der Waals surface area contributed by atoms with Crippen LogP contribution < -0.4 is 0 Å². The number of ether oxygens (including phenoxy) is 3. The van der Waals surface area contributed by atoms with Gasteiger partial charge in [0.1, 0.15) is 0 Å². The van der Waals surface area contributed by atoms with E-state index in [1.54, 1.807) is 4.90 Å². The molecule has 0 aliphatic rings. The molecule has 0 saturated carbocycles. The normalized spacial score (nSPS) is 16.8. The molecule has 7 heteroatoms. The van der Waals surface area contributed by atoms with Crippen LogP contribution in [-0.2, 0) is 14.2 Å². The summed E-state index contributed by atoms with van der Waals surface area (Å²) >= 11 is 0. The fourth-order valence-electron chi connectivity index (χ4n) is 1.96. The fraction of sp³-hybridized carbons (Fsp3) is 1.00. The molecule has 3 unspecified atom stereocenters. The summed E-state index contributed by atoms with van der Waals surface area (Å²) in [5.41, 5.74) is 0. The Hall–Kier alpha value is -0.280. The van der Waals surface area contributed by atoms with E-state index in [1.807, 2.05) is 41.5 Å². The molecule has 0 fully saturated rings. The first kappa shape index (κ1) is 21.7. The third kappa shape index (κ3) is 12.3. The molecular weight excluding hydrogens is 290 g/mol. The Labute approximate surface area is 133 Å². The van der Waals surface area contributed by atoms with Gasteiger partial charge in [0.15, 0.2) is 18.9 Å². The molecule has 0 aliphatic heterocycles. The smallest absolute Gasteiger partial charge is 0.167 e. The monoisotopic (exact) mass is 323 g/mol. The molecule has 3 atom stereocenters. The molecule has 0 bridgehead atoms. The van der Waals surface area contributed by atoms with Crippen molar-refractivity contribution < 1.29 is 29.5 Å². The van der Waals surface area contributed by atoms with Crippen LogP contribution in [0.3, 0.4) is 0 Å². The van der Waals surface area contributed by atoms with E-state index in [0.717, 1.165) is 0 Å². The molecule has 0 radical (unpaired) electrons. The first-order chi connectivity index (χ1) is 10.1. The van der Waals surface area contributed by atoms with Gasteiger partial charge >= 0.3 is 0 Å². The van der Waals surface area contributed by atoms with Crippen molar-refractivity contribution in [1.29, 1.82) is 0 Å². The number of nitrogens with zero attached hydrogens (tertiary/aromatic N) is 1. The molecule has 7 nitrogen and oxygen atoms in total. The second kappa shape index (κ2) is 11.3. The minimum atomic E-state index is -1.02. The number of aliphatic hydroxyl groups is 3. The van der Waals surface area contributed by atoms with Gasteiger partial charge in [0, 0.05) is 19.6 Å². The molecule has 0 rings (SSSR count). The van der Waals surface area contributed by atoms with Crippen LogP contribution in [0.5, 0.6) is 0 Å². The summed E-state index contributed by atoms with van der Waals surface area (Å²) in [6.45, 7) is 11.3. The lowest BCUT2D eigenvalue weighted by Crippen LogP contribution is -2.45. The Morgan fingerprint density at radius 3 is 1.00 bits per heavy atom. The van der Waals surface area contributed by atoms with Crippen LogP contribution in [0.15, 0.2) is 0 Å². The number of hydrogen-bond donors (Lipinski definition) is 3. The zero-order valence-electron chi connectivity index (χ0n) is 14.6. The van der Waals surface area contributed by atoms with Crippen molar-refractivity contribution in [3.05, 3.63) is 0 Å². The van der Waals surface area contributed by atoms with Crippen molar-refractivity contribution in [2.45, 2.75) is 78.7 Å². The van der Waals surface area contributed by atoms with Gasteiger partial charge in [-0.1, -0.05) is 0 Å². The van der Waals surface area contributed by atoms with E-state index in [4.69, 9.17) is 14.2 Å². The first-order valence-corrected chi connectivity index (χ1v) is 7.83. The minimum Gasteiger partial charge on any atom is -0.367 e. The second-order valence-corrected chi connectivity index (χ2v) is 6.14. The Morgan fingerprint density at radius 2 is 0.818 bits per heavy atom. The summed E-state index contributed by atoms with van der Waals surface area (Å²) in [5, 5.41) is 29.6. The molecule has 22 heavy (non-hydrogen) atoms. The van der Waals surface area contributed by atoms with Crippen LogP contribution in [0.25, 0.3) is 0 Å². The standard InChI is InChI=1S/C15H33NO6/c1-10(2)20-13(17)7-16(8-14(18)21-11(3)4)9-15(19)22-12(5)6/h10-15,17-19H,7-9H2,1-6H3. The highest BCUT2D eigenvalue weighted by atomic mass is 16.6. The molecule has 0 aromatic rings. The summed E-state index contributed by atoms with van der Waals surface area (Å²) in [7, 11) is 0. The largest absolute Gasteiger partial charge is 0.367 e. The fourth-order valence-corrected chi connectivity index (χ4v) is 1.96. The van der Waals surface area contributed by atoms with Crippen molar-refractivity contribution in [3.8, 4) is 0 Å². The first-order valence-electron chi connectivity index (χ1n) is 7.83. The van der Waals surface area contributed by atoms with Crippen molar-refractivity contribution >= 4 is 0 Å². The highest BCUT2D eigenvalue weighted by molar-refractivity contribution is 4.64. The maximum Gasteiger partial charge on any atom is 0.167 e. The average molecular weight is 323 g/mol. The predicted molar refractivity (Wildman–Crippen MR) is 83.1 cm³/mol. The molecule has 0 heterocycles. The quantitative estimate of drug-likeness (QED) is 0.451. The summed E-state index contributed by atoms with van der Waals surface area (Å²) < 4.78 is 15.8. The van der Waals surface area contributed by atoms with Crippen molar-refractivity contribution in [3.63, 3.8) is 0 Å². The molecule has 0 amide bonds. The third-order valence-corrected chi connectivity index (χ3v) is 2.53. The molecule has 0 spiro atoms. The zero-order valence-corrected chi connectivity index (χ0v) is 14.6. The molecule has 0 aromatic carbocycles. The maximum atomic E-state index is 9.87. The zero-order chi connectivity index (χ0) is 17.3. The van der Waals surface area contributed by atoms with Gasteiger partial charge in [0.05, 0.1) is 18.3 Å². The van der Waals surface area contributed by atoms with E-state index in [-0.39, 0.29) is 37.9 Å². The van der Waals surface area contributed by atoms with Crippen LogP contribution in [0.2, 0.25) is 0 Å². The Kier molecular flexibility index (Phi) is 11.1. The summed E-state index contributed by atoms with van der Waals surface area (Å²) in [6, 6.07) is 0. The van der Waals surface area contributed by atoms with Crippen molar-refractivity contribution in [2.75, 3.05) is 19.6 Å². The van der Waals surface area contributed by atoms with Crippen LogP contribution in [0.4, 0.5) is 0 Å². The summed E-state index contributed by atoms with van der Waals surface area (Å²) in [6.07, 6.45) is -3.41. The number of aliphatic hydroxyl groups excluding tert-OH is 3. The number of hydrogen-bond acceptors (Lipinski definition) is 7. The van der Waals surface area contributed by atoms with Gasteiger partial charge in [-0.15, -0.1) is 0 Å². The molecule has 0 aliphatic carbocycles. The minimum absolute atomic E-state index is 0.120. The molecule has 0 aromatic heterocycles. The lowest BCUT2D eigenvalue weighted by Gasteiger charge is -2.30. The van der Waals surface area contributed by atoms with Gasteiger partial charge in [-0.3, -0.25) is 4.90 Å². The SMILES string of the molecule is CC(C)OC(O)CN(CC(O)OC(C)C)CC(O)OC(C)C. The lowest BCUT2D eigenvalue weighted by atomic mass is 10.4. The lowest BCUT2D eigenvalue weighted by molar-refractivity contribution is -0.182. The van der Waals surface area contributed by atoms with E-state index >= 15 is 0 Å². The predicted octanol–water partition coefficient (Wildman–Crippen LogP) is 0.519. The van der Waals surface area contributed by atoms with Crippen molar-refractivity contribution in [1.82, 2.24) is 4.90 Å². The molecule has 3 N–H and O–H groups in total. The van der Waals surface area contributed by atoms with Gasteiger partial charge in [0.25, 0.3) is 0 Å². The van der Waals surface area contributed by atoms with Gasteiger partial charge < -0.3 is 29.5 Å². The van der Waals surface area contributed by atoms with E-state index < -0.39 is 18.9 Å². The number of rotatable bonds is 12. The second-order valence-electron chi connectivity index (χ2n) is 6.14. The van der Waals surface area contributed by atoms with E-state index in [1.165, 1.54) is 0 Å². The van der Waals surface area contributed by atoms with Crippen LogP contribution in [0.1, 0.15) is 41.5 Å². The molecular formula is C15H33NO6. The Balaban J connectivity index is 4.53. The highest BCUT2D eigenvalue weighted by Crippen LogP contribution is 2.06. The van der Waals surface area contributed by atoms with Gasteiger partial charge in [0.2, 0.25) is 0 Å². The van der Waals surface area contributed by atoms with E-state index in [9.17, 15) is 15.3 Å². The van der Waals surface area contributed by atoms with Gasteiger partial charge in [-0.2, -0.15) is 0 Å². The molecule has 134 valence electrons. The summed E-state index contributed by atoms with van der Waals surface area (Å²) in [5.74, 6) is 0. The average Bonchev–Trinajstić information content (AvgIpc) is 2.23. The van der Waals surface area contributed by atoms with Crippen LogP contribution in [0, 0.1) is 0 Å². The topological polar surface area (TPSA) is 91.6 Å². The third-order valence-electron chi connectivity index (χ3n) is 2.53. The Bertz CT molecular complexity index is 232.